The summed E-state index contributed by atoms with van der Waals surface area (Å²) in [6, 6.07) is 10.1. The molecule has 0 aliphatic carbocycles. The van der Waals surface area contributed by atoms with Crippen LogP contribution in [0.3, 0.4) is 0 Å². The molecule has 1 heterocycles. The van der Waals surface area contributed by atoms with E-state index < -0.39 is 0 Å². The molecule has 0 spiro atoms. The summed E-state index contributed by atoms with van der Waals surface area (Å²) in [4.78, 5) is 0. The number of hydrogen-bond donors (Lipinski definition) is 0. The van der Waals surface area contributed by atoms with Gasteiger partial charge in [0.05, 0.1) is 6.54 Å². The Hall–Kier alpha value is -1.12. The van der Waals surface area contributed by atoms with Crippen LogP contribution >= 0.6 is 0 Å². The number of hydroxylamine groups is 3. The molecule has 1 unspecified atom stereocenters. The number of benzene rings is 1. The van der Waals surface area contributed by atoms with Crippen molar-refractivity contribution < 1.29 is 4.65 Å². The normalized spacial score (nSPS) is 27.3. The second-order valence-corrected chi connectivity index (χ2v) is 4.76. The molecule has 2 heteroatoms. The van der Waals surface area contributed by atoms with Gasteiger partial charge in [-0.05, 0) is 19.4 Å². The maximum absolute atomic E-state index is 12.7. The predicted octanol–water partition coefficient (Wildman–Crippen LogP) is 3.41. The van der Waals surface area contributed by atoms with Crippen molar-refractivity contribution in [1.29, 1.82) is 0 Å². The topological polar surface area (TPSA) is 23.1 Å². The van der Waals surface area contributed by atoms with Crippen LogP contribution in [0.25, 0.3) is 0 Å². The van der Waals surface area contributed by atoms with Crippen LogP contribution in [0.1, 0.15) is 31.9 Å². The van der Waals surface area contributed by atoms with E-state index in [2.05, 4.69) is 25.1 Å². The lowest BCUT2D eigenvalue weighted by atomic mass is 10.0. The molecule has 0 aromatic heterocycles. The molecule has 0 radical (unpaired) electrons. The molecule has 0 saturated carbocycles. The zero-order chi connectivity index (χ0) is 11.6. The van der Waals surface area contributed by atoms with Gasteiger partial charge in [0.1, 0.15) is 12.6 Å². The van der Waals surface area contributed by atoms with Gasteiger partial charge in [-0.2, -0.15) is 0 Å². The van der Waals surface area contributed by atoms with Crippen molar-refractivity contribution in [2.75, 3.05) is 13.1 Å². The second kappa shape index (κ2) is 4.40. The maximum atomic E-state index is 12.7. The Bertz CT molecular complexity index is 385. The fraction of sp³-hybridized carbons (Fsp3) is 0.429. The number of rotatable bonds is 2. The van der Waals surface area contributed by atoms with Gasteiger partial charge in [-0.15, -0.1) is 0 Å². The van der Waals surface area contributed by atoms with E-state index >= 15 is 0 Å². The van der Waals surface area contributed by atoms with Crippen LogP contribution in [0.4, 0.5) is 0 Å². The third kappa shape index (κ3) is 2.18. The van der Waals surface area contributed by atoms with Gasteiger partial charge in [0.15, 0.2) is 0 Å². The molecule has 2 nitrogen and oxygen atoms in total. The lowest BCUT2D eigenvalue weighted by molar-refractivity contribution is -0.906. The van der Waals surface area contributed by atoms with Gasteiger partial charge in [-0.25, -0.2) is 0 Å². The summed E-state index contributed by atoms with van der Waals surface area (Å²) in [5, 5.41) is 12.7. The van der Waals surface area contributed by atoms with Crippen molar-refractivity contribution in [3.8, 4) is 0 Å². The molecule has 2 atom stereocenters. The molecule has 0 fully saturated rings. The number of quaternary nitrogens is 1. The molecular weight excluding hydrogens is 198 g/mol. The van der Waals surface area contributed by atoms with E-state index in [1.165, 1.54) is 5.57 Å². The highest BCUT2D eigenvalue weighted by Crippen LogP contribution is 2.31. The molecule has 16 heavy (non-hydrogen) atoms. The lowest BCUT2D eigenvalue weighted by Gasteiger charge is -2.49. The van der Waals surface area contributed by atoms with E-state index in [4.69, 9.17) is 0 Å². The largest absolute Gasteiger partial charge is 0.632 e. The summed E-state index contributed by atoms with van der Waals surface area (Å²) in [5.74, 6) is 0. The van der Waals surface area contributed by atoms with Gasteiger partial charge >= 0.3 is 0 Å². The summed E-state index contributed by atoms with van der Waals surface area (Å²) >= 11 is 0. The first kappa shape index (κ1) is 11.4. The lowest BCUT2D eigenvalue weighted by Crippen LogP contribution is -2.47. The third-order valence-corrected chi connectivity index (χ3v) is 3.51. The highest BCUT2D eigenvalue weighted by atomic mass is 16.5. The minimum atomic E-state index is -0.105. The molecule has 1 aliphatic rings. The molecule has 0 saturated heterocycles. The molecule has 0 bridgehead atoms. The third-order valence-electron chi connectivity index (χ3n) is 3.51. The molecule has 86 valence electrons. The fourth-order valence-electron chi connectivity index (χ4n) is 2.43. The van der Waals surface area contributed by atoms with Gasteiger partial charge in [0.2, 0.25) is 0 Å². The maximum Gasteiger partial charge on any atom is 0.112 e. The highest BCUT2D eigenvalue weighted by Gasteiger charge is 2.28. The van der Waals surface area contributed by atoms with Crippen molar-refractivity contribution in [1.82, 2.24) is 0 Å². The smallest absolute Gasteiger partial charge is 0.112 e. The summed E-state index contributed by atoms with van der Waals surface area (Å²) < 4.78 is -0.105. The Kier molecular flexibility index (Phi) is 3.13. The van der Waals surface area contributed by atoms with E-state index in [-0.39, 0.29) is 10.7 Å². The van der Waals surface area contributed by atoms with Crippen LogP contribution in [0, 0.1) is 5.21 Å². The summed E-state index contributed by atoms with van der Waals surface area (Å²) in [5.41, 5.74) is 2.37. The van der Waals surface area contributed by atoms with Gasteiger partial charge in [-0.3, -0.25) is 0 Å². The van der Waals surface area contributed by atoms with E-state index in [9.17, 15) is 5.21 Å². The first-order valence-corrected chi connectivity index (χ1v) is 5.90. The standard InChI is InChI=1S/C14H19NO/c1-12-7-6-10-15(16,11-12)13(2)14-8-4-3-5-9-14/h3-5,7-9,13H,6,10-11H2,1-2H3/t13-,15?/m1/s1. The van der Waals surface area contributed by atoms with Gasteiger partial charge in [0.25, 0.3) is 0 Å². The Morgan fingerprint density at radius 1 is 1.25 bits per heavy atom. The monoisotopic (exact) mass is 217 g/mol. The molecule has 0 amide bonds. The molecular formula is C14H19NO. The van der Waals surface area contributed by atoms with E-state index in [1.807, 2.05) is 25.1 Å². The van der Waals surface area contributed by atoms with Crippen molar-refractivity contribution in [3.63, 3.8) is 0 Å². The molecule has 0 N–H and O–H groups in total. The van der Waals surface area contributed by atoms with Crippen LogP contribution in [-0.2, 0) is 0 Å². The average Bonchev–Trinajstić information content (AvgIpc) is 2.29. The van der Waals surface area contributed by atoms with Crippen molar-refractivity contribution >= 4 is 0 Å². The quantitative estimate of drug-likeness (QED) is 0.423. The Labute approximate surface area is 97.4 Å². The zero-order valence-electron chi connectivity index (χ0n) is 10.0. The van der Waals surface area contributed by atoms with Crippen LogP contribution in [0.5, 0.6) is 0 Å². The van der Waals surface area contributed by atoms with Gasteiger partial charge < -0.3 is 9.85 Å². The molecule has 1 aromatic rings. The molecule has 1 aromatic carbocycles. The Morgan fingerprint density at radius 3 is 2.56 bits per heavy atom. The van der Waals surface area contributed by atoms with Crippen molar-refractivity contribution in [3.05, 3.63) is 52.8 Å². The van der Waals surface area contributed by atoms with Crippen LogP contribution in [0.2, 0.25) is 0 Å². The summed E-state index contributed by atoms with van der Waals surface area (Å²) in [6.07, 6.45) is 3.10. The van der Waals surface area contributed by atoms with Crippen molar-refractivity contribution in [2.45, 2.75) is 26.3 Å². The SMILES string of the molecule is CC1=CCC[N+]([O-])([C@H](C)c2ccccc2)C1. The summed E-state index contributed by atoms with van der Waals surface area (Å²) in [6.45, 7) is 5.44. The van der Waals surface area contributed by atoms with Crippen LogP contribution < -0.4 is 0 Å². The first-order chi connectivity index (χ1) is 7.62. The van der Waals surface area contributed by atoms with E-state index in [1.54, 1.807) is 0 Å². The van der Waals surface area contributed by atoms with E-state index in [0.29, 0.717) is 13.1 Å². The second-order valence-electron chi connectivity index (χ2n) is 4.76. The number of hydrogen-bond acceptors (Lipinski definition) is 1. The fourth-order valence-corrected chi connectivity index (χ4v) is 2.43. The molecule has 2 rings (SSSR count). The minimum Gasteiger partial charge on any atom is -0.632 e. The van der Waals surface area contributed by atoms with Crippen molar-refractivity contribution in [2.24, 2.45) is 0 Å². The predicted molar refractivity (Wildman–Crippen MR) is 66.6 cm³/mol. The van der Waals surface area contributed by atoms with Gasteiger partial charge in [-0.1, -0.05) is 36.4 Å². The Morgan fingerprint density at radius 2 is 1.94 bits per heavy atom. The van der Waals surface area contributed by atoms with Crippen LogP contribution in [0.15, 0.2) is 42.0 Å². The zero-order valence-corrected chi connectivity index (χ0v) is 10.0. The summed E-state index contributed by atoms with van der Waals surface area (Å²) in [7, 11) is 0. The van der Waals surface area contributed by atoms with Crippen LogP contribution in [-0.4, -0.2) is 17.7 Å². The first-order valence-electron chi connectivity index (χ1n) is 5.90. The van der Waals surface area contributed by atoms with E-state index in [0.717, 1.165) is 12.0 Å². The average molecular weight is 217 g/mol. The molecule has 1 aliphatic heterocycles. The minimum absolute atomic E-state index is 0.0323. The number of nitrogens with zero attached hydrogens (tertiary/aromatic N) is 1. The van der Waals surface area contributed by atoms with Gasteiger partial charge in [0, 0.05) is 12.0 Å². The Balaban J connectivity index is 2.21. The highest BCUT2D eigenvalue weighted by molar-refractivity contribution is 5.17.